The summed E-state index contributed by atoms with van der Waals surface area (Å²) in [4.78, 5) is 13.3. The van der Waals surface area contributed by atoms with Gasteiger partial charge >= 0.3 is 0 Å². The lowest BCUT2D eigenvalue weighted by Gasteiger charge is -2.43. The van der Waals surface area contributed by atoms with Crippen LogP contribution >= 0.6 is 0 Å². The number of hydrogen-bond acceptors (Lipinski definition) is 5. The predicted molar refractivity (Wildman–Crippen MR) is 109 cm³/mol. The molecule has 29 heavy (non-hydrogen) atoms. The predicted octanol–water partition coefficient (Wildman–Crippen LogP) is 2.05. The van der Waals surface area contributed by atoms with E-state index >= 15 is 0 Å². The Kier molecular flexibility index (Phi) is 3.93. The van der Waals surface area contributed by atoms with Crippen molar-refractivity contribution in [1.29, 1.82) is 0 Å². The number of nitrogens with one attached hydrogen (secondary N) is 1. The van der Waals surface area contributed by atoms with E-state index < -0.39 is 5.72 Å². The fourth-order valence-corrected chi connectivity index (χ4v) is 7.39. The lowest BCUT2D eigenvalue weighted by molar-refractivity contribution is 0.0130. The van der Waals surface area contributed by atoms with Gasteiger partial charge in [0.2, 0.25) is 0 Å². The van der Waals surface area contributed by atoms with Crippen molar-refractivity contribution in [1.82, 2.24) is 10.2 Å². The van der Waals surface area contributed by atoms with E-state index in [1.165, 1.54) is 5.56 Å². The van der Waals surface area contributed by atoms with E-state index in [1.54, 1.807) is 0 Å². The summed E-state index contributed by atoms with van der Waals surface area (Å²) in [5.74, 6) is 1.21. The van der Waals surface area contributed by atoms with Crippen molar-refractivity contribution in [3.63, 3.8) is 0 Å². The number of aliphatic hydroxyl groups is 2. The average Bonchev–Trinajstić information content (AvgIpc) is 3.08. The summed E-state index contributed by atoms with van der Waals surface area (Å²) < 4.78 is 0. The van der Waals surface area contributed by atoms with Crippen LogP contribution in [0, 0.1) is 17.8 Å². The number of benzene rings is 1. The maximum atomic E-state index is 11.7. The molecule has 4 fully saturated rings. The zero-order valence-electron chi connectivity index (χ0n) is 16.8. The van der Waals surface area contributed by atoms with Gasteiger partial charge in [0.05, 0.1) is 12.1 Å². The SMILES string of the molecule is C[C@H](c1ccc(C=O)cc1)[C@H]1[C@@H]2C=C[C@@H]3N1[C@]3(O)[C@H]2[C@H]1CC[C@@H]2[C@@H](O)CC[C@H]2N1. The second kappa shape index (κ2) is 6.24. The maximum absolute atomic E-state index is 11.7. The van der Waals surface area contributed by atoms with Crippen molar-refractivity contribution in [2.45, 2.75) is 74.5 Å². The Morgan fingerprint density at radius 3 is 2.66 bits per heavy atom. The van der Waals surface area contributed by atoms with Crippen LogP contribution in [-0.4, -0.2) is 57.4 Å². The van der Waals surface area contributed by atoms with Crippen LogP contribution in [0.25, 0.3) is 0 Å². The molecule has 5 heteroatoms. The topological polar surface area (TPSA) is 72.6 Å². The van der Waals surface area contributed by atoms with Gasteiger partial charge in [0, 0.05) is 41.4 Å². The summed E-state index contributed by atoms with van der Waals surface area (Å²) in [6.07, 6.45) is 9.32. The van der Waals surface area contributed by atoms with Crippen LogP contribution in [0.1, 0.15) is 54.4 Å². The lowest BCUT2D eigenvalue weighted by atomic mass is 9.69. The smallest absolute Gasteiger partial charge is 0.150 e. The third kappa shape index (κ3) is 2.39. The Bertz CT molecular complexity index is 854. The molecule has 1 aromatic carbocycles. The Labute approximate surface area is 171 Å². The largest absolute Gasteiger partial charge is 0.393 e. The molecule has 0 amide bonds. The number of carbonyl (C=O) groups is 1. The monoisotopic (exact) mass is 394 g/mol. The Balaban J connectivity index is 1.27. The minimum Gasteiger partial charge on any atom is -0.393 e. The highest BCUT2D eigenvalue weighted by Gasteiger charge is 2.78. The fourth-order valence-electron chi connectivity index (χ4n) is 7.39. The van der Waals surface area contributed by atoms with Crippen LogP contribution in [0.4, 0.5) is 0 Å². The fraction of sp³-hybridized carbons (Fsp3) is 0.625. The van der Waals surface area contributed by atoms with Gasteiger partial charge in [-0.25, -0.2) is 0 Å². The van der Waals surface area contributed by atoms with E-state index in [4.69, 9.17) is 0 Å². The molecule has 0 aromatic heterocycles. The van der Waals surface area contributed by atoms with Crippen molar-refractivity contribution in [2.24, 2.45) is 17.8 Å². The lowest BCUT2D eigenvalue weighted by Crippen LogP contribution is -2.55. The van der Waals surface area contributed by atoms with Crippen LogP contribution in [-0.2, 0) is 0 Å². The molecule has 3 N–H and O–H groups in total. The van der Waals surface area contributed by atoms with E-state index in [0.29, 0.717) is 29.5 Å². The van der Waals surface area contributed by atoms with Crippen molar-refractivity contribution >= 4 is 6.29 Å². The molecule has 2 aliphatic carbocycles. The average molecular weight is 395 g/mol. The number of aliphatic hydroxyl groups excluding tert-OH is 1. The summed E-state index contributed by atoms with van der Waals surface area (Å²) in [6.45, 7) is 2.25. The molecule has 1 aromatic rings. The number of hydrogen-bond donors (Lipinski definition) is 3. The summed E-state index contributed by atoms with van der Waals surface area (Å²) in [6, 6.07) is 9.03. The van der Waals surface area contributed by atoms with Gasteiger partial charge in [-0.2, -0.15) is 0 Å². The third-order valence-electron chi connectivity index (χ3n) is 8.79. The van der Waals surface area contributed by atoms with Gasteiger partial charge in [0.25, 0.3) is 0 Å². The molecule has 4 heterocycles. The second-order valence-electron chi connectivity index (χ2n) is 9.95. The number of carbonyl (C=O) groups excluding carboxylic acids is 1. The highest BCUT2D eigenvalue weighted by Crippen LogP contribution is 2.65. The zero-order valence-corrected chi connectivity index (χ0v) is 16.8. The zero-order chi connectivity index (χ0) is 19.9. The van der Waals surface area contributed by atoms with Gasteiger partial charge in [-0.3, -0.25) is 9.69 Å². The number of rotatable bonds is 4. The normalized spacial score (nSPS) is 50.2. The molecule has 11 atom stereocenters. The number of piperidine rings is 2. The van der Waals surface area contributed by atoms with Gasteiger partial charge in [-0.15, -0.1) is 0 Å². The molecule has 7 rings (SSSR count). The molecule has 1 saturated carbocycles. The number of nitrogens with zero attached hydrogens (tertiary/aromatic N) is 1. The highest BCUT2D eigenvalue weighted by atomic mass is 16.3. The molecular formula is C24H30N2O3. The standard InChI is InChI=1S/C24H30N2O3/c1-13(15-4-2-14(12-27)3-5-15)23-17-7-11-21-24(29,26(21)23)22(17)19-8-6-16-18(25-19)9-10-20(16)28/h2-5,7,11-13,16-23,25,28-29H,6,8-10H2,1H3/t13-,16+,17-,18-,19-,20+,21+,22-,23+,24-,26?/m1/s1. The van der Waals surface area contributed by atoms with E-state index in [2.05, 4.69) is 41.4 Å². The van der Waals surface area contributed by atoms with Crippen LogP contribution in [0.15, 0.2) is 36.4 Å². The molecule has 0 radical (unpaired) electrons. The Morgan fingerprint density at radius 1 is 1.14 bits per heavy atom. The Hall–Kier alpha value is -1.53. The van der Waals surface area contributed by atoms with Crippen molar-refractivity contribution in [2.75, 3.05) is 0 Å². The number of aldehydes is 1. The first-order valence-corrected chi connectivity index (χ1v) is 11.2. The van der Waals surface area contributed by atoms with Gasteiger partial charge in [-0.05, 0) is 37.2 Å². The summed E-state index contributed by atoms with van der Waals surface area (Å²) >= 11 is 0. The molecular weight excluding hydrogens is 364 g/mol. The van der Waals surface area contributed by atoms with Gasteiger partial charge in [0.15, 0.2) is 0 Å². The molecule has 1 unspecified atom stereocenters. The van der Waals surface area contributed by atoms with Crippen molar-refractivity contribution < 1.29 is 15.0 Å². The first kappa shape index (κ1) is 18.3. The van der Waals surface area contributed by atoms with Crippen molar-refractivity contribution in [3.05, 3.63) is 47.5 Å². The third-order valence-corrected chi connectivity index (χ3v) is 8.79. The van der Waals surface area contributed by atoms with Crippen molar-refractivity contribution in [3.8, 4) is 0 Å². The molecule has 6 aliphatic rings. The molecule has 154 valence electrons. The summed E-state index contributed by atoms with van der Waals surface area (Å²) in [5.41, 5.74) is 1.21. The van der Waals surface area contributed by atoms with Gasteiger partial charge in [-0.1, -0.05) is 43.3 Å². The first-order valence-electron chi connectivity index (χ1n) is 11.2. The number of fused-ring (bicyclic) bond motifs is 1. The highest BCUT2D eigenvalue weighted by molar-refractivity contribution is 5.74. The second-order valence-corrected chi connectivity index (χ2v) is 9.95. The minimum absolute atomic E-state index is 0.132. The van der Waals surface area contributed by atoms with Crippen LogP contribution < -0.4 is 5.32 Å². The van der Waals surface area contributed by atoms with E-state index in [1.807, 2.05) is 12.1 Å². The van der Waals surface area contributed by atoms with E-state index in [9.17, 15) is 15.0 Å². The Morgan fingerprint density at radius 2 is 1.90 bits per heavy atom. The van der Waals surface area contributed by atoms with Crippen LogP contribution in [0.5, 0.6) is 0 Å². The van der Waals surface area contributed by atoms with Gasteiger partial charge in [0.1, 0.15) is 12.0 Å². The molecule has 5 nitrogen and oxygen atoms in total. The maximum Gasteiger partial charge on any atom is 0.150 e. The molecule has 3 saturated heterocycles. The minimum atomic E-state index is -0.719. The summed E-state index contributed by atoms with van der Waals surface area (Å²) in [7, 11) is 0. The molecule has 4 aliphatic heterocycles. The van der Waals surface area contributed by atoms with E-state index in [-0.39, 0.29) is 30.0 Å². The molecule has 4 bridgehead atoms. The first-order chi connectivity index (χ1) is 14.0. The summed E-state index contributed by atoms with van der Waals surface area (Å²) in [5, 5.41) is 25.7. The quantitative estimate of drug-likeness (QED) is 0.414. The molecule has 0 spiro atoms. The van der Waals surface area contributed by atoms with Crippen LogP contribution in [0.2, 0.25) is 0 Å². The van der Waals surface area contributed by atoms with Gasteiger partial charge < -0.3 is 15.5 Å². The van der Waals surface area contributed by atoms with E-state index in [0.717, 1.165) is 32.0 Å². The van der Waals surface area contributed by atoms with Crippen LogP contribution in [0.3, 0.4) is 0 Å².